The molecule has 0 aromatic carbocycles. The predicted octanol–water partition coefficient (Wildman–Crippen LogP) is 2.65. The van der Waals surface area contributed by atoms with Crippen LogP contribution in [0.4, 0.5) is 15.9 Å². The van der Waals surface area contributed by atoms with Crippen LogP contribution in [0.3, 0.4) is 0 Å². The molecule has 2 atom stereocenters. The van der Waals surface area contributed by atoms with Gasteiger partial charge in [-0.25, -0.2) is 29.1 Å². The quantitative estimate of drug-likeness (QED) is 0.388. The molecule has 35 heavy (non-hydrogen) atoms. The van der Waals surface area contributed by atoms with Crippen LogP contribution in [0, 0.1) is 5.95 Å². The number of aromatic nitrogens is 5. The van der Waals surface area contributed by atoms with Crippen LogP contribution >= 0.6 is 0 Å². The highest BCUT2D eigenvalue weighted by Crippen LogP contribution is 2.33. The smallest absolute Gasteiger partial charge is 0.216 e. The van der Waals surface area contributed by atoms with E-state index in [9.17, 15) is 8.60 Å². The van der Waals surface area contributed by atoms with Gasteiger partial charge in [0.2, 0.25) is 5.95 Å². The van der Waals surface area contributed by atoms with Crippen molar-refractivity contribution < 1.29 is 13.2 Å². The van der Waals surface area contributed by atoms with Gasteiger partial charge in [-0.3, -0.25) is 4.90 Å². The lowest BCUT2D eigenvalue weighted by Crippen LogP contribution is -2.40. The molecule has 1 fully saturated rings. The molecule has 0 radical (unpaired) electrons. The van der Waals surface area contributed by atoms with E-state index in [4.69, 9.17) is 9.54 Å². The summed E-state index contributed by atoms with van der Waals surface area (Å²) >= 11 is -1.82. The van der Waals surface area contributed by atoms with E-state index in [1.165, 1.54) is 6.07 Å². The number of rotatable bonds is 6. The molecule has 2 unspecified atom stereocenters. The van der Waals surface area contributed by atoms with E-state index in [1.807, 2.05) is 17.9 Å². The van der Waals surface area contributed by atoms with E-state index in [0.717, 1.165) is 37.2 Å². The van der Waals surface area contributed by atoms with Gasteiger partial charge in [-0.05, 0) is 25.8 Å². The highest BCUT2D eigenvalue weighted by Gasteiger charge is 2.28. The first-order valence-corrected chi connectivity index (χ1v) is 12.9. The first-order valence-electron chi connectivity index (χ1n) is 11.6. The zero-order chi connectivity index (χ0) is 24.4. The molecule has 3 aromatic heterocycles. The Kier molecular flexibility index (Phi) is 6.93. The molecule has 0 saturated carbocycles. The predicted molar refractivity (Wildman–Crippen MR) is 131 cm³/mol. The third-order valence-electron chi connectivity index (χ3n) is 6.50. The molecule has 1 saturated heterocycles. The minimum atomic E-state index is -1.82. The molecular weight excluding hydrogens is 471 g/mol. The number of hydrogen-bond acceptors (Lipinski definition) is 9. The molecule has 2 aliphatic heterocycles. The maximum atomic E-state index is 14.5. The third-order valence-corrected chi connectivity index (χ3v) is 7.09. The molecule has 3 aromatic rings. The highest BCUT2D eigenvalue weighted by molar-refractivity contribution is 7.79. The average molecular weight is 499 g/mol. The lowest BCUT2D eigenvalue weighted by molar-refractivity contribution is 0.248. The van der Waals surface area contributed by atoms with Crippen LogP contribution in [-0.4, -0.2) is 70.1 Å². The van der Waals surface area contributed by atoms with Gasteiger partial charge >= 0.3 is 0 Å². The van der Waals surface area contributed by atoms with Gasteiger partial charge in [0.05, 0.1) is 11.7 Å². The molecular formula is C23H27FN8O2S. The van der Waals surface area contributed by atoms with Crippen molar-refractivity contribution in [2.45, 2.75) is 38.3 Å². The second-order valence-corrected chi connectivity index (χ2v) is 9.71. The van der Waals surface area contributed by atoms with Crippen LogP contribution in [0.1, 0.15) is 37.1 Å². The zero-order valence-electron chi connectivity index (χ0n) is 19.3. The lowest BCUT2D eigenvalue weighted by Gasteiger charge is -2.36. The minimum absolute atomic E-state index is 0.0748. The van der Waals surface area contributed by atoms with Crippen LogP contribution < -0.4 is 10.2 Å². The summed E-state index contributed by atoms with van der Waals surface area (Å²) in [7, 11) is 0. The van der Waals surface area contributed by atoms with Crippen LogP contribution in [0.5, 0.6) is 0 Å². The van der Waals surface area contributed by atoms with Gasteiger partial charge in [-0.2, -0.15) is 4.39 Å². The molecule has 0 amide bonds. The average Bonchev–Trinajstić information content (AvgIpc) is 2.85. The maximum absolute atomic E-state index is 14.5. The number of nitrogens with one attached hydrogen (secondary N) is 1. The number of halogens is 1. The SMILES string of the molecule is CC1c2cnc(-c3ncccn3)nc2CCN1c1cc(NC2CCN(CS(=O)O)CC2)cc(F)n1. The number of hydrogen-bond donors (Lipinski definition) is 2. The normalized spacial score (nSPS) is 19.9. The van der Waals surface area contributed by atoms with Crippen molar-refractivity contribution in [3.8, 4) is 11.6 Å². The van der Waals surface area contributed by atoms with Crippen molar-refractivity contribution in [2.24, 2.45) is 0 Å². The van der Waals surface area contributed by atoms with Gasteiger partial charge in [-0.15, -0.1) is 0 Å². The summed E-state index contributed by atoms with van der Waals surface area (Å²) in [6.45, 7) is 4.13. The summed E-state index contributed by atoms with van der Waals surface area (Å²) in [6, 6.07) is 5.14. The molecule has 2 N–H and O–H groups in total. The van der Waals surface area contributed by atoms with E-state index in [0.29, 0.717) is 36.1 Å². The van der Waals surface area contributed by atoms with E-state index in [2.05, 4.69) is 30.2 Å². The second-order valence-electron chi connectivity index (χ2n) is 8.81. The molecule has 184 valence electrons. The van der Waals surface area contributed by atoms with Crippen LogP contribution in [0.25, 0.3) is 11.6 Å². The largest absolute Gasteiger partial charge is 0.382 e. The van der Waals surface area contributed by atoms with E-state index in [-0.39, 0.29) is 18.0 Å². The monoisotopic (exact) mass is 498 g/mol. The lowest BCUT2D eigenvalue weighted by atomic mass is 9.99. The molecule has 0 aliphatic carbocycles. The van der Waals surface area contributed by atoms with Crippen LogP contribution in [-0.2, 0) is 17.5 Å². The Hall–Kier alpha value is -3.09. The fourth-order valence-corrected chi connectivity index (χ4v) is 5.28. The van der Waals surface area contributed by atoms with Crippen molar-refractivity contribution in [3.05, 3.63) is 54.0 Å². The third kappa shape index (κ3) is 5.44. The molecule has 12 heteroatoms. The van der Waals surface area contributed by atoms with Crippen LogP contribution in [0.2, 0.25) is 0 Å². The standard InChI is InChI=1S/C23H27FN8O2S/c1-15-18-13-27-23(22-25-6-2-7-26-22)29-19(18)5-10-32(15)21-12-17(11-20(24)30-21)28-16-3-8-31(9-4-16)14-35(33)34/h2,6-7,11-13,15-16H,3-5,8-10,14H2,1H3,(H,28,30)(H,33,34). The summed E-state index contributed by atoms with van der Waals surface area (Å²) in [5.74, 6) is 1.18. The number of nitrogens with zero attached hydrogens (tertiary/aromatic N) is 7. The topological polar surface area (TPSA) is 120 Å². The summed E-state index contributed by atoms with van der Waals surface area (Å²) in [4.78, 5) is 25.8. The Labute approximate surface area is 205 Å². The van der Waals surface area contributed by atoms with Gasteiger partial charge in [0.15, 0.2) is 22.7 Å². The number of piperidine rings is 1. The Balaban J connectivity index is 1.30. The van der Waals surface area contributed by atoms with Crippen molar-refractivity contribution in [2.75, 3.05) is 35.7 Å². The van der Waals surface area contributed by atoms with Gasteiger partial charge < -0.3 is 14.8 Å². The molecule has 0 bridgehead atoms. The van der Waals surface area contributed by atoms with Gasteiger partial charge in [0.1, 0.15) is 11.7 Å². The summed E-state index contributed by atoms with van der Waals surface area (Å²) in [5, 5.41) is 3.42. The van der Waals surface area contributed by atoms with Crippen molar-refractivity contribution in [3.63, 3.8) is 0 Å². The van der Waals surface area contributed by atoms with Crippen LogP contribution in [0.15, 0.2) is 36.8 Å². The zero-order valence-corrected chi connectivity index (χ0v) is 20.2. The molecule has 5 heterocycles. The number of likely N-dealkylation sites (tertiary alicyclic amines) is 1. The van der Waals surface area contributed by atoms with Gasteiger partial charge in [-0.1, -0.05) is 0 Å². The number of fused-ring (bicyclic) bond motifs is 1. The fraction of sp³-hybridized carbons (Fsp3) is 0.435. The van der Waals surface area contributed by atoms with Crippen molar-refractivity contribution in [1.29, 1.82) is 0 Å². The Bertz CT molecular complexity index is 1210. The number of anilines is 2. The first-order chi connectivity index (χ1) is 17.0. The molecule has 2 aliphatic rings. The van der Waals surface area contributed by atoms with Crippen molar-refractivity contribution in [1.82, 2.24) is 29.8 Å². The van der Waals surface area contributed by atoms with Gasteiger partial charge in [0.25, 0.3) is 0 Å². The summed E-state index contributed by atoms with van der Waals surface area (Å²) < 4.78 is 34.6. The fourth-order valence-electron chi connectivity index (χ4n) is 4.71. The van der Waals surface area contributed by atoms with E-state index < -0.39 is 17.0 Å². The summed E-state index contributed by atoms with van der Waals surface area (Å²) in [6.07, 6.45) is 7.43. The Morgan fingerprint density at radius 2 is 1.89 bits per heavy atom. The Morgan fingerprint density at radius 3 is 2.63 bits per heavy atom. The minimum Gasteiger partial charge on any atom is -0.382 e. The maximum Gasteiger partial charge on any atom is 0.216 e. The number of pyridine rings is 1. The van der Waals surface area contributed by atoms with E-state index in [1.54, 1.807) is 24.7 Å². The molecule has 10 nitrogen and oxygen atoms in total. The highest BCUT2D eigenvalue weighted by atomic mass is 32.2. The Morgan fingerprint density at radius 1 is 1.11 bits per heavy atom. The van der Waals surface area contributed by atoms with Crippen molar-refractivity contribution >= 4 is 22.6 Å². The molecule has 5 rings (SSSR count). The second kappa shape index (κ2) is 10.3. The van der Waals surface area contributed by atoms with E-state index >= 15 is 0 Å². The summed E-state index contributed by atoms with van der Waals surface area (Å²) in [5.41, 5.74) is 2.60. The molecule has 0 spiro atoms. The van der Waals surface area contributed by atoms with Gasteiger partial charge in [0, 0.05) is 74.1 Å². The first kappa shape index (κ1) is 23.6.